The van der Waals surface area contributed by atoms with E-state index in [9.17, 15) is 0 Å². The monoisotopic (exact) mass is 214 g/mol. The summed E-state index contributed by atoms with van der Waals surface area (Å²) in [4.78, 5) is 0. The highest BCUT2D eigenvalue weighted by Gasteiger charge is 2.02. The van der Waals surface area contributed by atoms with Gasteiger partial charge in [-0.05, 0) is 25.1 Å². The van der Waals surface area contributed by atoms with Crippen molar-refractivity contribution in [1.82, 2.24) is 0 Å². The summed E-state index contributed by atoms with van der Waals surface area (Å²) in [6.07, 6.45) is 0.157. The van der Waals surface area contributed by atoms with Crippen LogP contribution < -0.4 is 11.1 Å². The van der Waals surface area contributed by atoms with Gasteiger partial charge in [0, 0.05) is 18.7 Å². The number of hydrogen-bond donors (Lipinski definition) is 2. The van der Waals surface area contributed by atoms with Crippen molar-refractivity contribution in [3.05, 3.63) is 23.2 Å². The standard InChI is InChI=1S/C10H15ClN2O/c1-7(14-2)6-13-10-4-3-8(11)5-9(10)12/h3-5,7,13H,6,12H2,1-2H3. The first-order valence-electron chi connectivity index (χ1n) is 4.45. The molecular weight excluding hydrogens is 200 g/mol. The molecule has 0 saturated heterocycles. The molecule has 1 unspecified atom stereocenters. The number of nitrogens with one attached hydrogen (secondary N) is 1. The van der Waals surface area contributed by atoms with Gasteiger partial charge in [-0.3, -0.25) is 0 Å². The van der Waals surface area contributed by atoms with Crippen LogP contribution in [0.1, 0.15) is 6.92 Å². The van der Waals surface area contributed by atoms with Gasteiger partial charge in [0.25, 0.3) is 0 Å². The van der Waals surface area contributed by atoms with E-state index in [4.69, 9.17) is 22.1 Å². The van der Waals surface area contributed by atoms with Crippen LogP contribution in [0.5, 0.6) is 0 Å². The largest absolute Gasteiger partial charge is 0.397 e. The predicted octanol–water partition coefficient (Wildman–Crippen LogP) is 2.37. The molecule has 0 aliphatic rings. The van der Waals surface area contributed by atoms with Crippen molar-refractivity contribution < 1.29 is 4.74 Å². The molecular formula is C10H15ClN2O. The zero-order valence-corrected chi connectivity index (χ0v) is 9.14. The number of nitrogen functional groups attached to an aromatic ring is 1. The third kappa shape index (κ3) is 3.09. The summed E-state index contributed by atoms with van der Waals surface area (Å²) < 4.78 is 5.11. The maximum absolute atomic E-state index is 5.77. The van der Waals surface area contributed by atoms with Gasteiger partial charge < -0.3 is 15.8 Å². The Kier molecular flexibility index (Phi) is 4.04. The van der Waals surface area contributed by atoms with Crippen LogP contribution in [0, 0.1) is 0 Å². The SMILES string of the molecule is COC(C)CNc1ccc(Cl)cc1N. The van der Waals surface area contributed by atoms with Crippen molar-refractivity contribution in [2.45, 2.75) is 13.0 Å². The number of benzene rings is 1. The molecule has 0 amide bonds. The molecule has 4 heteroatoms. The van der Waals surface area contributed by atoms with E-state index in [-0.39, 0.29) is 6.10 Å². The fraction of sp³-hybridized carbons (Fsp3) is 0.400. The molecule has 0 aromatic heterocycles. The Morgan fingerprint density at radius 2 is 2.29 bits per heavy atom. The van der Waals surface area contributed by atoms with Gasteiger partial charge in [-0.2, -0.15) is 0 Å². The summed E-state index contributed by atoms with van der Waals surface area (Å²) in [5, 5.41) is 3.83. The Labute approximate surface area is 89.2 Å². The highest BCUT2D eigenvalue weighted by molar-refractivity contribution is 6.31. The molecule has 1 aromatic rings. The Hall–Kier alpha value is -0.930. The van der Waals surface area contributed by atoms with Gasteiger partial charge in [0.2, 0.25) is 0 Å². The average molecular weight is 215 g/mol. The minimum absolute atomic E-state index is 0.157. The molecule has 78 valence electrons. The van der Waals surface area contributed by atoms with E-state index in [2.05, 4.69) is 5.32 Å². The van der Waals surface area contributed by atoms with Crippen LogP contribution in [0.2, 0.25) is 5.02 Å². The first-order valence-corrected chi connectivity index (χ1v) is 4.83. The topological polar surface area (TPSA) is 47.3 Å². The summed E-state index contributed by atoms with van der Waals surface area (Å²) in [7, 11) is 1.68. The van der Waals surface area contributed by atoms with Gasteiger partial charge in [-0.1, -0.05) is 11.6 Å². The van der Waals surface area contributed by atoms with Gasteiger partial charge in [0.1, 0.15) is 0 Å². The smallest absolute Gasteiger partial charge is 0.0715 e. The Morgan fingerprint density at radius 3 is 2.86 bits per heavy atom. The molecule has 1 atom stereocenters. The van der Waals surface area contributed by atoms with Gasteiger partial charge in [0.15, 0.2) is 0 Å². The van der Waals surface area contributed by atoms with Crippen molar-refractivity contribution in [1.29, 1.82) is 0 Å². The molecule has 3 N–H and O–H groups in total. The van der Waals surface area contributed by atoms with Crippen LogP contribution in [-0.4, -0.2) is 19.8 Å². The second-order valence-corrected chi connectivity index (χ2v) is 3.60. The van der Waals surface area contributed by atoms with E-state index >= 15 is 0 Å². The first-order chi connectivity index (χ1) is 6.63. The van der Waals surface area contributed by atoms with Crippen LogP contribution in [0.4, 0.5) is 11.4 Å². The number of hydrogen-bond acceptors (Lipinski definition) is 3. The van der Waals surface area contributed by atoms with E-state index in [1.807, 2.05) is 13.0 Å². The van der Waals surface area contributed by atoms with Crippen LogP contribution >= 0.6 is 11.6 Å². The Morgan fingerprint density at radius 1 is 1.57 bits per heavy atom. The average Bonchev–Trinajstić information content (AvgIpc) is 2.16. The summed E-state index contributed by atoms with van der Waals surface area (Å²) in [5.74, 6) is 0. The van der Waals surface area contributed by atoms with Crippen molar-refractivity contribution >= 4 is 23.0 Å². The molecule has 3 nitrogen and oxygen atoms in total. The number of rotatable bonds is 4. The predicted molar refractivity (Wildman–Crippen MR) is 60.8 cm³/mol. The lowest BCUT2D eigenvalue weighted by molar-refractivity contribution is 0.129. The lowest BCUT2D eigenvalue weighted by atomic mass is 10.2. The Balaban J connectivity index is 2.59. The molecule has 0 bridgehead atoms. The van der Waals surface area contributed by atoms with Gasteiger partial charge in [0.05, 0.1) is 17.5 Å². The lowest BCUT2D eigenvalue weighted by Gasteiger charge is -2.13. The fourth-order valence-electron chi connectivity index (χ4n) is 1.03. The minimum atomic E-state index is 0.157. The first kappa shape index (κ1) is 11.1. The van der Waals surface area contributed by atoms with E-state index in [1.165, 1.54) is 0 Å². The molecule has 0 fully saturated rings. The van der Waals surface area contributed by atoms with Crippen LogP contribution in [0.15, 0.2) is 18.2 Å². The van der Waals surface area contributed by atoms with Crippen molar-refractivity contribution in [2.75, 3.05) is 24.7 Å². The van der Waals surface area contributed by atoms with Crippen LogP contribution in [0.3, 0.4) is 0 Å². The number of nitrogens with two attached hydrogens (primary N) is 1. The molecule has 0 aliphatic carbocycles. The second-order valence-electron chi connectivity index (χ2n) is 3.16. The zero-order chi connectivity index (χ0) is 10.6. The summed E-state index contributed by atoms with van der Waals surface area (Å²) >= 11 is 5.77. The third-order valence-corrected chi connectivity index (χ3v) is 2.23. The minimum Gasteiger partial charge on any atom is -0.397 e. The van der Waals surface area contributed by atoms with E-state index in [0.29, 0.717) is 10.7 Å². The molecule has 0 spiro atoms. The maximum Gasteiger partial charge on any atom is 0.0715 e. The van der Waals surface area contributed by atoms with Gasteiger partial charge in [-0.25, -0.2) is 0 Å². The van der Waals surface area contributed by atoms with Crippen LogP contribution in [-0.2, 0) is 4.74 Å². The molecule has 0 aliphatic heterocycles. The fourth-order valence-corrected chi connectivity index (χ4v) is 1.21. The molecule has 0 saturated carbocycles. The summed E-state index contributed by atoms with van der Waals surface area (Å²) in [5.41, 5.74) is 7.30. The Bertz CT molecular complexity index is 304. The quantitative estimate of drug-likeness (QED) is 0.757. The number of ether oxygens (including phenoxy) is 1. The third-order valence-electron chi connectivity index (χ3n) is 2.00. The summed E-state index contributed by atoms with van der Waals surface area (Å²) in [6, 6.07) is 5.39. The van der Waals surface area contributed by atoms with Crippen molar-refractivity contribution in [3.63, 3.8) is 0 Å². The van der Waals surface area contributed by atoms with E-state index in [1.54, 1.807) is 19.2 Å². The molecule has 0 radical (unpaired) electrons. The maximum atomic E-state index is 5.77. The highest BCUT2D eigenvalue weighted by atomic mass is 35.5. The van der Waals surface area contributed by atoms with Crippen LogP contribution in [0.25, 0.3) is 0 Å². The lowest BCUT2D eigenvalue weighted by Crippen LogP contribution is -2.18. The van der Waals surface area contributed by atoms with Gasteiger partial charge >= 0.3 is 0 Å². The van der Waals surface area contributed by atoms with E-state index in [0.717, 1.165) is 12.2 Å². The normalized spacial score (nSPS) is 12.5. The van der Waals surface area contributed by atoms with E-state index < -0.39 is 0 Å². The summed E-state index contributed by atoms with van der Waals surface area (Å²) in [6.45, 7) is 2.71. The molecule has 1 aromatic carbocycles. The number of methoxy groups -OCH3 is 1. The number of halogens is 1. The highest BCUT2D eigenvalue weighted by Crippen LogP contribution is 2.22. The second kappa shape index (κ2) is 5.08. The molecule has 1 rings (SSSR count). The van der Waals surface area contributed by atoms with Crippen molar-refractivity contribution in [2.24, 2.45) is 0 Å². The number of anilines is 2. The van der Waals surface area contributed by atoms with Crippen molar-refractivity contribution in [3.8, 4) is 0 Å². The molecule has 0 heterocycles. The van der Waals surface area contributed by atoms with Gasteiger partial charge in [-0.15, -0.1) is 0 Å². The zero-order valence-electron chi connectivity index (χ0n) is 8.38. The molecule has 14 heavy (non-hydrogen) atoms.